The van der Waals surface area contributed by atoms with Gasteiger partial charge in [0, 0.05) is 6.42 Å². The predicted octanol–water partition coefficient (Wildman–Crippen LogP) is 1.47. The van der Waals surface area contributed by atoms with Gasteiger partial charge < -0.3 is 4.74 Å². The monoisotopic (exact) mass is 114 g/mol. The van der Waals surface area contributed by atoms with Crippen molar-refractivity contribution in [3.8, 4) is 0 Å². The Kier molecular flexibility index (Phi) is 2.92. The van der Waals surface area contributed by atoms with Crippen molar-refractivity contribution < 1.29 is 9.53 Å². The number of hydrogen-bond donors (Lipinski definition) is 0. The molecule has 0 amide bonds. The summed E-state index contributed by atoms with van der Waals surface area (Å²) in [6.45, 7) is 6.79. The van der Waals surface area contributed by atoms with Crippen LogP contribution in [0.4, 0.5) is 0 Å². The zero-order valence-electron chi connectivity index (χ0n) is 5.23. The zero-order chi connectivity index (χ0) is 6.57. The molecule has 0 unspecified atom stereocenters. The number of esters is 1. The molecule has 0 aliphatic rings. The largest absolute Gasteiger partial charge is 0.432 e. The molecular weight excluding hydrogens is 104 g/mol. The Hall–Kier alpha value is -0.790. The van der Waals surface area contributed by atoms with Gasteiger partial charge in [-0.05, 0) is 6.92 Å². The summed E-state index contributed by atoms with van der Waals surface area (Å²) in [5, 5.41) is 0. The molecule has 0 aromatic heterocycles. The third-order valence-electron chi connectivity index (χ3n) is 0.577. The molecule has 0 aromatic carbocycles. The van der Waals surface area contributed by atoms with Crippen LogP contribution in [0.25, 0.3) is 0 Å². The topological polar surface area (TPSA) is 26.3 Å². The lowest BCUT2D eigenvalue weighted by atomic mass is 10.5. The Morgan fingerprint density at radius 1 is 1.75 bits per heavy atom. The van der Waals surface area contributed by atoms with E-state index in [0.29, 0.717) is 12.2 Å². The van der Waals surface area contributed by atoms with Gasteiger partial charge in [0.25, 0.3) is 0 Å². The number of rotatable bonds is 2. The van der Waals surface area contributed by atoms with Crippen molar-refractivity contribution in [3.63, 3.8) is 0 Å². The van der Waals surface area contributed by atoms with E-state index in [1.807, 2.05) is 0 Å². The second kappa shape index (κ2) is 3.24. The van der Waals surface area contributed by atoms with Gasteiger partial charge in [-0.3, -0.25) is 4.79 Å². The third-order valence-corrected chi connectivity index (χ3v) is 0.577. The third kappa shape index (κ3) is 3.40. The van der Waals surface area contributed by atoms with Crippen LogP contribution in [0.1, 0.15) is 20.3 Å². The molecule has 0 aliphatic carbocycles. The van der Waals surface area contributed by atoms with E-state index in [4.69, 9.17) is 0 Å². The standard InChI is InChI=1S/C6H10O2/c1-4-6(7)8-5(2)3/h2,4H2,1,3H3. The van der Waals surface area contributed by atoms with Crippen molar-refractivity contribution in [2.45, 2.75) is 20.3 Å². The molecule has 0 saturated carbocycles. The maximum Gasteiger partial charge on any atom is 0.310 e. The van der Waals surface area contributed by atoms with E-state index in [2.05, 4.69) is 11.3 Å². The molecule has 0 fully saturated rings. The fourth-order valence-electron chi connectivity index (χ4n) is 0.266. The lowest BCUT2D eigenvalue weighted by Gasteiger charge is -1.97. The van der Waals surface area contributed by atoms with E-state index < -0.39 is 0 Å². The Bertz CT molecular complexity index is 105. The minimum atomic E-state index is -0.225. The predicted molar refractivity (Wildman–Crippen MR) is 31.2 cm³/mol. The van der Waals surface area contributed by atoms with Gasteiger partial charge in [0.15, 0.2) is 0 Å². The molecule has 0 bridgehead atoms. The van der Waals surface area contributed by atoms with Crippen molar-refractivity contribution in [1.82, 2.24) is 0 Å². The molecule has 2 heteroatoms. The number of carbonyl (C=O) groups is 1. The highest BCUT2D eigenvalue weighted by Gasteiger charge is 1.95. The molecule has 0 aliphatic heterocycles. The number of hydrogen-bond acceptors (Lipinski definition) is 2. The fourth-order valence-corrected chi connectivity index (χ4v) is 0.266. The second-order valence-electron chi connectivity index (χ2n) is 1.53. The van der Waals surface area contributed by atoms with Crippen molar-refractivity contribution in [2.24, 2.45) is 0 Å². The van der Waals surface area contributed by atoms with Gasteiger partial charge >= 0.3 is 5.97 Å². The molecular formula is C6H10O2. The van der Waals surface area contributed by atoms with E-state index in [1.54, 1.807) is 13.8 Å². The smallest absolute Gasteiger partial charge is 0.310 e. The highest BCUT2D eigenvalue weighted by Crippen LogP contribution is 1.92. The van der Waals surface area contributed by atoms with Crippen molar-refractivity contribution >= 4 is 5.97 Å². The molecule has 0 rings (SSSR count). The summed E-state index contributed by atoms with van der Waals surface area (Å²) in [5.41, 5.74) is 0. The first-order valence-electron chi connectivity index (χ1n) is 2.53. The maximum atomic E-state index is 10.3. The highest BCUT2D eigenvalue weighted by molar-refractivity contribution is 5.69. The molecule has 0 N–H and O–H groups in total. The molecule has 0 spiro atoms. The SMILES string of the molecule is C=C(C)OC(=O)CC. The summed E-state index contributed by atoms with van der Waals surface area (Å²) in [7, 11) is 0. The van der Waals surface area contributed by atoms with Crippen LogP contribution in [0.5, 0.6) is 0 Å². The molecule has 0 saturated heterocycles. The number of carbonyl (C=O) groups excluding carboxylic acids is 1. The fraction of sp³-hybridized carbons (Fsp3) is 0.500. The zero-order valence-corrected chi connectivity index (χ0v) is 5.23. The molecule has 0 atom stereocenters. The van der Waals surface area contributed by atoms with Gasteiger partial charge in [-0.1, -0.05) is 13.5 Å². The highest BCUT2D eigenvalue weighted by atomic mass is 16.5. The van der Waals surface area contributed by atoms with Crippen molar-refractivity contribution in [3.05, 3.63) is 12.3 Å². The average molecular weight is 114 g/mol. The molecule has 46 valence electrons. The molecule has 2 nitrogen and oxygen atoms in total. The number of allylic oxidation sites excluding steroid dienone is 1. The molecule has 0 heterocycles. The van der Waals surface area contributed by atoms with Crippen LogP contribution in [0, 0.1) is 0 Å². The van der Waals surface area contributed by atoms with E-state index in [-0.39, 0.29) is 5.97 Å². The second-order valence-corrected chi connectivity index (χ2v) is 1.53. The van der Waals surface area contributed by atoms with Crippen LogP contribution in [-0.4, -0.2) is 5.97 Å². The van der Waals surface area contributed by atoms with Crippen LogP contribution in [0.15, 0.2) is 12.3 Å². The van der Waals surface area contributed by atoms with Gasteiger partial charge in [-0.2, -0.15) is 0 Å². The van der Waals surface area contributed by atoms with E-state index in [9.17, 15) is 4.79 Å². The van der Waals surface area contributed by atoms with Gasteiger partial charge in [-0.25, -0.2) is 0 Å². The van der Waals surface area contributed by atoms with E-state index in [0.717, 1.165) is 0 Å². The Morgan fingerprint density at radius 2 is 2.25 bits per heavy atom. The van der Waals surface area contributed by atoms with Crippen LogP contribution in [0.3, 0.4) is 0 Å². The maximum absolute atomic E-state index is 10.3. The summed E-state index contributed by atoms with van der Waals surface area (Å²) in [5.74, 6) is 0.231. The van der Waals surface area contributed by atoms with Crippen molar-refractivity contribution in [1.29, 1.82) is 0 Å². The van der Waals surface area contributed by atoms with Crippen molar-refractivity contribution in [2.75, 3.05) is 0 Å². The summed E-state index contributed by atoms with van der Waals surface area (Å²) in [6.07, 6.45) is 0.410. The summed E-state index contributed by atoms with van der Waals surface area (Å²) in [4.78, 5) is 10.3. The first-order valence-corrected chi connectivity index (χ1v) is 2.53. The first kappa shape index (κ1) is 7.21. The van der Waals surface area contributed by atoms with Crippen LogP contribution < -0.4 is 0 Å². The average Bonchev–Trinajstić information content (AvgIpc) is 1.65. The summed E-state index contributed by atoms with van der Waals surface area (Å²) >= 11 is 0. The first-order chi connectivity index (χ1) is 3.66. The lowest BCUT2D eigenvalue weighted by Crippen LogP contribution is -1.98. The molecule has 8 heavy (non-hydrogen) atoms. The Morgan fingerprint density at radius 3 is 2.38 bits per heavy atom. The van der Waals surface area contributed by atoms with Gasteiger partial charge in [0.2, 0.25) is 0 Å². The van der Waals surface area contributed by atoms with Crippen LogP contribution in [0.2, 0.25) is 0 Å². The number of ether oxygens (including phenoxy) is 1. The Balaban J connectivity index is 3.40. The van der Waals surface area contributed by atoms with E-state index >= 15 is 0 Å². The summed E-state index contributed by atoms with van der Waals surface area (Å²) in [6, 6.07) is 0. The van der Waals surface area contributed by atoms with Gasteiger partial charge in [-0.15, -0.1) is 0 Å². The quantitative estimate of drug-likeness (QED) is 0.401. The van der Waals surface area contributed by atoms with Crippen LogP contribution >= 0.6 is 0 Å². The molecule has 0 aromatic rings. The minimum absolute atomic E-state index is 0.225. The summed E-state index contributed by atoms with van der Waals surface area (Å²) < 4.78 is 4.57. The van der Waals surface area contributed by atoms with Gasteiger partial charge in [0.1, 0.15) is 0 Å². The van der Waals surface area contributed by atoms with Crippen LogP contribution in [-0.2, 0) is 9.53 Å². The van der Waals surface area contributed by atoms with Gasteiger partial charge in [0.05, 0.1) is 5.76 Å². The van der Waals surface area contributed by atoms with E-state index in [1.165, 1.54) is 0 Å². The minimum Gasteiger partial charge on any atom is -0.432 e. The Labute approximate surface area is 49.1 Å². The molecule has 0 radical (unpaired) electrons. The normalized spacial score (nSPS) is 8.25. The lowest BCUT2D eigenvalue weighted by molar-refractivity contribution is -0.138.